The third-order valence-corrected chi connectivity index (χ3v) is 3.93. The fourth-order valence-electron chi connectivity index (χ4n) is 1.67. The highest BCUT2D eigenvalue weighted by Gasteiger charge is 2.17. The van der Waals surface area contributed by atoms with Crippen LogP contribution in [0.15, 0.2) is 24.3 Å². The van der Waals surface area contributed by atoms with Crippen molar-refractivity contribution >= 4 is 17.7 Å². The van der Waals surface area contributed by atoms with Crippen LogP contribution < -0.4 is 5.32 Å². The van der Waals surface area contributed by atoms with Gasteiger partial charge >= 0.3 is 0 Å². The van der Waals surface area contributed by atoms with E-state index in [0.29, 0.717) is 5.56 Å². The van der Waals surface area contributed by atoms with Gasteiger partial charge in [-0.15, -0.1) is 0 Å². The standard InChI is InChI=1S/C13H19NO3S/c1-9(12(8-15)18-2)14-13(17)7-10-5-3-4-6-11(10)16/h3-6,9,12,15-16H,7-8H2,1-2H3,(H,14,17). The van der Waals surface area contributed by atoms with E-state index in [9.17, 15) is 9.90 Å². The second-order valence-corrected chi connectivity index (χ2v) is 5.20. The number of aliphatic hydroxyl groups excluding tert-OH is 1. The van der Waals surface area contributed by atoms with E-state index in [0.717, 1.165) is 0 Å². The lowest BCUT2D eigenvalue weighted by molar-refractivity contribution is -0.121. The normalized spacial score (nSPS) is 13.9. The summed E-state index contributed by atoms with van der Waals surface area (Å²) in [5.41, 5.74) is 0.604. The molecular formula is C13H19NO3S. The summed E-state index contributed by atoms with van der Waals surface area (Å²) in [6.07, 6.45) is 2.04. The molecule has 1 aromatic rings. The molecule has 0 heterocycles. The minimum atomic E-state index is -0.156. The molecule has 0 aliphatic heterocycles. The monoisotopic (exact) mass is 269 g/mol. The third-order valence-electron chi connectivity index (χ3n) is 2.77. The van der Waals surface area contributed by atoms with E-state index < -0.39 is 0 Å². The predicted octanol–water partition coefficient (Wildman–Crippen LogP) is 1.16. The fourth-order valence-corrected chi connectivity index (χ4v) is 2.29. The van der Waals surface area contributed by atoms with Crippen molar-refractivity contribution in [3.8, 4) is 5.75 Å². The van der Waals surface area contributed by atoms with E-state index in [1.54, 1.807) is 24.3 Å². The van der Waals surface area contributed by atoms with Crippen molar-refractivity contribution in [1.82, 2.24) is 5.32 Å². The van der Waals surface area contributed by atoms with Gasteiger partial charge in [0.15, 0.2) is 0 Å². The highest BCUT2D eigenvalue weighted by Crippen LogP contribution is 2.16. The minimum Gasteiger partial charge on any atom is -0.508 e. The summed E-state index contributed by atoms with van der Waals surface area (Å²) in [5, 5.41) is 21.5. The van der Waals surface area contributed by atoms with Crippen LogP contribution in [0.2, 0.25) is 0 Å². The van der Waals surface area contributed by atoms with Crippen molar-refractivity contribution in [1.29, 1.82) is 0 Å². The molecule has 0 fully saturated rings. The molecular weight excluding hydrogens is 250 g/mol. The number of para-hydroxylation sites is 1. The Morgan fingerprint density at radius 2 is 2.11 bits per heavy atom. The largest absolute Gasteiger partial charge is 0.508 e. The molecule has 1 aromatic carbocycles. The van der Waals surface area contributed by atoms with Gasteiger partial charge in [0.1, 0.15) is 5.75 Å². The molecule has 18 heavy (non-hydrogen) atoms. The molecule has 100 valence electrons. The van der Waals surface area contributed by atoms with Gasteiger partial charge in [-0.3, -0.25) is 4.79 Å². The molecule has 0 radical (unpaired) electrons. The van der Waals surface area contributed by atoms with Gasteiger partial charge in [0, 0.05) is 16.9 Å². The first-order chi connectivity index (χ1) is 8.58. The van der Waals surface area contributed by atoms with Crippen LogP contribution in [0.4, 0.5) is 0 Å². The fraction of sp³-hybridized carbons (Fsp3) is 0.462. The van der Waals surface area contributed by atoms with Crippen molar-refractivity contribution in [3.63, 3.8) is 0 Å². The first-order valence-electron chi connectivity index (χ1n) is 5.78. The Morgan fingerprint density at radius 3 is 2.67 bits per heavy atom. The minimum absolute atomic E-state index is 0.0154. The van der Waals surface area contributed by atoms with E-state index in [4.69, 9.17) is 5.11 Å². The lowest BCUT2D eigenvalue weighted by atomic mass is 10.1. The molecule has 5 heteroatoms. The first-order valence-corrected chi connectivity index (χ1v) is 7.07. The van der Waals surface area contributed by atoms with Crippen molar-refractivity contribution in [2.75, 3.05) is 12.9 Å². The SMILES string of the molecule is CSC(CO)C(C)NC(=O)Cc1ccccc1O. The maximum atomic E-state index is 11.8. The number of aromatic hydroxyl groups is 1. The van der Waals surface area contributed by atoms with Crippen molar-refractivity contribution in [3.05, 3.63) is 29.8 Å². The van der Waals surface area contributed by atoms with Gasteiger partial charge in [0.05, 0.1) is 13.0 Å². The number of thioether (sulfide) groups is 1. The number of hydrogen-bond donors (Lipinski definition) is 3. The van der Waals surface area contributed by atoms with Crippen molar-refractivity contribution < 1.29 is 15.0 Å². The van der Waals surface area contributed by atoms with Crippen LogP contribution in [0.5, 0.6) is 5.75 Å². The molecule has 0 spiro atoms. The molecule has 3 N–H and O–H groups in total. The Hall–Kier alpha value is -1.20. The topological polar surface area (TPSA) is 69.6 Å². The quantitative estimate of drug-likeness (QED) is 0.725. The Bertz CT molecular complexity index is 394. The second-order valence-electron chi connectivity index (χ2n) is 4.12. The van der Waals surface area contributed by atoms with E-state index in [1.165, 1.54) is 11.8 Å². The lowest BCUT2D eigenvalue weighted by Gasteiger charge is -2.21. The summed E-state index contributed by atoms with van der Waals surface area (Å²) in [5.74, 6) is -0.0274. The molecule has 4 nitrogen and oxygen atoms in total. The van der Waals surface area contributed by atoms with Crippen molar-refractivity contribution in [2.24, 2.45) is 0 Å². The molecule has 2 atom stereocenters. The molecule has 0 aromatic heterocycles. The van der Waals surface area contributed by atoms with Crippen molar-refractivity contribution in [2.45, 2.75) is 24.6 Å². The molecule has 0 saturated carbocycles. The zero-order chi connectivity index (χ0) is 13.5. The van der Waals surface area contributed by atoms with Gasteiger partial charge in [-0.2, -0.15) is 11.8 Å². The zero-order valence-corrected chi connectivity index (χ0v) is 11.4. The second kappa shape index (κ2) is 7.28. The summed E-state index contributed by atoms with van der Waals surface area (Å²) in [7, 11) is 0. The average Bonchev–Trinajstić information content (AvgIpc) is 2.33. The van der Waals surface area contributed by atoms with Gasteiger partial charge < -0.3 is 15.5 Å². The van der Waals surface area contributed by atoms with Crippen LogP contribution in [-0.2, 0) is 11.2 Å². The number of amides is 1. The van der Waals surface area contributed by atoms with Gasteiger partial charge in [0.25, 0.3) is 0 Å². The van der Waals surface area contributed by atoms with Crippen LogP contribution in [0, 0.1) is 0 Å². The number of carbonyl (C=O) groups excluding carboxylic acids is 1. The summed E-state index contributed by atoms with van der Waals surface area (Å²) in [6, 6.07) is 6.67. The predicted molar refractivity (Wildman–Crippen MR) is 73.8 cm³/mol. The molecule has 0 bridgehead atoms. The number of rotatable bonds is 6. The maximum Gasteiger partial charge on any atom is 0.224 e. The lowest BCUT2D eigenvalue weighted by Crippen LogP contribution is -2.41. The summed E-state index contributed by atoms with van der Waals surface area (Å²) < 4.78 is 0. The van der Waals surface area contributed by atoms with Gasteiger partial charge in [-0.1, -0.05) is 18.2 Å². The Labute approximate surface area is 111 Å². The number of phenols is 1. The van der Waals surface area contributed by atoms with Gasteiger partial charge in [0.2, 0.25) is 5.91 Å². The van der Waals surface area contributed by atoms with Crippen LogP contribution in [-0.4, -0.2) is 40.3 Å². The van der Waals surface area contributed by atoms with E-state index in [1.807, 2.05) is 13.2 Å². The van der Waals surface area contributed by atoms with Crippen LogP contribution in [0.25, 0.3) is 0 Å². The van der Waals surface area contributed by atoms with Crippen LogP contribution >= 0.6 is 11.8 Å². The zero-order valence-electron chi connectivity index (χ0n) is 10.6. The number of phenolic OH excluding ortho intramolecular Hbond substituents is 1. The Kier molecular flexibility index (Phi) is 6.01. The highest BCUT2D eigenvalue weighted by molar-refractivity contribution is 7.99. The van der Waals surface area contributed by atoms with Crippen LogP contribution in [0.3, 0.4) is 0 Å². The summed E-state index contributed by atoms with van der Waals surface area (Å²) in [6.45, 7) is 1.89. The molecule has 0 saturated heterocycles. The van der Waals surface area contributed by atoms with Gasteiger partial charge in [-0.25, -0.2) is 0 Å². The number of hydrogen-bond acceptors (Lipinski definition) is 4. The Morgan fingerprint density at radius 1 is 1.44 bits per heavy atom. The molecule has 2 unspecified atom stereocenters. The number of nitrogens with one attached hydrogen (secondary N) is 1. The molecule has 1 rings (SSSR count). The van der Waals surface area contributed by atoms with E-state index in [2.05, 4.69) is 5.32 Å². The highest BCUT2D eigenvalue weighted by atomic mass is 32.2. The Balaban J connectivity index is 2.54. The molecule has 0 aliphatic carbocycles. The summed E-state index contributed by atoms with van der Waals surface area (Å²) >= 11 is 1.52. The molecule has 0 aliphatic rings. The maximum absolute atomic E-state index is 11.8. The average molecular weight is 269 g/mol. The summed E-state index contributed by atoms with van der Waals surface area (Å²) in [4.78, 5) is 11.8. The molecule has 1 amide bonds. The van der Waals surface area contributed by atoms with E-state index in [-0.39, 0.29) is 36.0 Å². The third kappa shape index (κ3) is 4.23. The van der Waals surface area contributed by atoms with Gasteiger partial charge in [-0.05, 0) is 19.2 Å². The number of carbonyl (C=O) groups is 1. The number of aliphatic hydroxyl groups is 1. The number of benzene rings is 1. The smallest absolute Gasteiger partial charge is 0.224 e. The van der Waals surface area contributed by atoms with Crippen LogP contribution in [0.1, 0.15) is 12.5 Å². The van der Waals surface area contributed by atoms with E-state index >= 15 is 0 Å². The first kappa shape index (κ1) is 14.9.